The van der Waals surface area contributed by atoms with Crippen molar-refractivity contribution in [1.82, 2.24) is 4.57 Å². The lowest BCUT2D eigenvalue weighted by atomic mass is 9.96. The molecule has 0 fully saturated rings. The summed E-state index contributed by atoms with van der Waals surface area (Å²) >= 11 is 0. The van der Waals surface area contributed by atoms with Gasteiger partial charge in [-0.1, -0.05) is 24.3 Å². The van der Waals surface area contributed by atoms with Crippen molar-refractivity contribution in [2.45, 2.75) is 39.0 Å². The molecular weight excluding hydrogens is 290 g/mol. The quantitative estimate of drug-likeness (QED) is 0.816. The first-order valence-electron chi connectivity index (χ1n) is 8.01. The molecule has 0 unspecified atom stereocenters. The molecule has 0 atom stereocenters. The molecule has 4 heteroatoms. The van der Waals surface area contributed by atoms with E-state index in [2.05, 4.69) is 18.2 Å². The molecule has 3 rings (SSSR count). The Morgan fingerprint density at radius 3 is 2.65 bits per heavy atom. The number of hydrogen-bond donors (Lipinski definition) is 0. The molecule has 1 aliphatic carbocycles. The Morgan fingerprint density at radius 1 is 1.17 bits per heavy atom. The molecule has 23 heavy (non-hydrogen) atoms. The van der Waals surface area contributed by atoms with E-state index in [4.69, 9.17) is 4.74 Å². The fourth-order valence-electron chi connectivity index (χ4n) is 3.42. The molecule has 1 heterocycles. The van der Waals surface area contributed by atoms with Gasteiger partial charge in [-0.3, -0.25) is 14.2 Å². The summed E-state index contributed by atoms with van der Waals surface area (Å²) < 4.78 is 6.46. The Hall–Kier alpha value is -2.36. The van der Waals surface area contributed by atoms with Crippen molar-refractivity contribution in [3.05, 3.63) is 47.3 Å². The number of methoxy groups -OCH3 is 1. The van der Waals surface area contributed by atoms with Crippen molar-refractivity contribution in [3.8, 4) is 11.1 Å². The number of aryl methyl sites for hydroxylation is 2. The van der Waals surface area contributed by atoms with Crippen LogP contribution in [-0.4, -0.2) is 23.6 Å². The highest BCUT2D eigenvalue weighted by atomic mass is 16.5. The molecule has 0 spiro atoms. The van der Waals surface area contributed by atoms with Gasteiger partial charge in [-0.05, 0) is 42.4 Å². The molecule has 0 N–H and O–H groups in total. The molecule has 1 aromatic heterocycles. The maximum absolute atomic E-state index is 12.0. The lowest BCUT2D eigenvalue weighted by molar-refractivity contribution is -0.140. The fraction of sp³-hybridized carbons (Fsp3) is 0.368. The number of esters is 1. The third-order valence-electron chi connectivity index (χ3n) is 4.50. The Kier molecular flexibility index (Phi) is 4.33. The first-order valence-corrected chi connectivity index (χ1v) is 8.01. The largest absolute Gasteiger partial charge is 0.469 e. The number of fused-ring (bicyclic) bond motifs is 3. The summed E-state index contributed by atoms with van der Waals surface area (Å²) in [5, 5.41) is 0. The molecule has 120 valence electrons. The van der Waals surface area contributed by atoms with Crippen LogP contribution < -0.4 is 0 Å². The van der Waals surface area contributed by atoms with Crippen LogP contribution in [0.25, 0.3) is 11.1 Å². The average Bonchev–Trinajstić information content (AvgIpc) is 2.81. The predicted molar refractivity (Wildman–Crippen MR) is 88.5 cm³/mol. The summed E-state index contributed by atoms with van der Waals surface area (Å²) in [5.41, 5.74) is 5.77. The summed E-state index contributed by atoms with van der Waals surface area (Å²) in [5.74, 6) is -0.271. The van der Waals surface area contributed by atoms with E-state index in [9.17, 15) is 9.59 Å². The Labute approximate surface area is 136 Å². The van der Waals surface area contributed by atoms with E-state index in [0.29, 0.717) is 6.42 Å². The predicted octanol–water partition coefficient (Wildman–Crippen LogP) is 3.41. The number of nitrogens with zero attached hydrogens (tertiary/aromatic N) is 1. The summed E-state index contributed by atoms with van der Waals surface area (Å²) in [6.07, 6.45) is 5.81. The van der Waals surface area contributed by atoms with Gasteiger partial charge in [-0.2, -0.15) is 0 Å². The molecule has 1 aliphatic rings. The van der Waals surface area contributed by atoms with Crippen LogP contribution in [0, 0.1) is 0 Å². The smallest absolute Gasteiger partial charge is 0.305 e. The minimum absolute atomic E-state index is 0.0181. The van der Waals surface area contributed by atoms with E-state index in [1.165, 1.54) is 23.8 Å². The Morgan fingerprint density at radius 2 is 1.91 bits per heavy atom. The van der Waals surface area contributed by atoms with Crippen LogP contribution >= 0.6 is 0 Å². The van der Waals surface area contributed by atoms with E-state index < -0.39 is 0 Å². The first kappa shape index (κ1) is 15.5. The topological polar surface area (TPSA) is 48.3 Å². The van der Waals surface area contributed by atoms with E-state index in [1.54, 1.807) is 11.5 Å². The van der Waals surface area contributed by atoms with Gasteiger partial charge in [-0.25, -0.2) is 0 Å². The van der Waals surface area contributed by atoms with Gasteiger partial charge in [0.05, 0.1) is 13.5 Å². The SMILES string of the molecule is COC(=O)CCc1c2c(cn1C(C)=O)CCCc1ccccc1-2. The second kappa shape index (κ2) is 6.41. The molecule has 1 aromatic carbocycles. The zero-order valence-electron chi connectivity index (χ0n) is 13.6. The second-order valence-electron chi connectivity index (χ2n) is 5.95. The number of aromatic nitrogens is 1. The van der Waals surface area contributed by atoms with Crippen LogP contribution in [0.5, 0.6) is 0 Å². The molecule has 0 aliphatic heterocycles. The van der Waals surface area contributed by atoms with Crippen LogP contribution in [0.15, 0.2) is 30.5 Å². The van der Waals surface area contributed by atoms with Crippen LogP contribution in [0.2, 0.25) is 0 Å². The third kappa shape index (κ3) is 2.93. The van der Waals surface area contributed by atoms with Gasteiger partial charge in [0.2, 0.25) is 5.91 Å². The summed E-state index contributed by atoms with van der Waals surface area (Å²) in [7, 11) is 1.39. The van der Waals surface area contributed by atoms with E-state index in [0.717, 1.165) is 30.5 Å². The highest BCUT2D eigenvalue weighted by Crippen LogP contribution is 2.37. The maximum Gasteiger partial charge on any atom is 0.305 e. The van der Waals surface area contributed by atoms with Gasteiger partial charge >= 0.3 is 5.97 Å². The van der Waals surface area contributed by atoms with Crippen LogP contribution in [0.3, 0.4) is 0 Å². The second-order valence-corrected chi connectivity index (χ2v) is 5.95. The number of rotatable bonds is 3. The van der Waals surface area contributed by atoms with Crippen molar-refractivity contribution < 1.29 is 14.3 Å². The van der Waals surface area contributed by atoms with E-state index in [-0.39, 0.29) is 18.3 Å². The lowest BCUT2D eigenvalue weighted by Crippen LogP contribution is -2.11. The molecule has 0 saturated heterocycles. The van der Waals surface area contributed by atoms with Gasteiger partial charge < -0.3 is 4.74 Å². The molecule has 2 aromatic rings. The van der Waals surface area contributed by atoms with Crippen molar-refractivity contribution >= 4 is 11.9 Å². The van der Waals surface area contributed by atoms with Gasteiger partial charge in [0.15, 0.2) is 0 Å². The normalized spacial score (nSPS) is 13.0. The van der Waals surface area contributed by atoms with E-state index in [1.807, 2.05) is 12.3 Å². The van der Waals surface area contributed by atoms with Gasteiger partial charge in [0.1, 0.15) is 0 Å². The number of carbonyl (C=O) groups excluding carboxylic acids is 2. The van der Waals surface area contributed by atoms with Crippen LogP contribution in [0.4, 0.5) is 0 Å². The van der Waals surface area contributed by atoms with Gasteiger partial charge in [-0.15, -0.1) is 0 Å². The molecule has 4 nitrogen and oxygen atoms in total. The lowest BCUT2D eigenvalue weighted by Gasteiger charge is -2.11. The zero-order chi connectivity index (χ0) is 16.4. The van der Waals surface area contributed by atoms with Gasteiger partial charge in [0.25, 0.3) is 0 Å². The zero-order valence-corrected chi connectivity index (χ0v) is 13.6. The molecule has 0 saturated carbocycles. The fourth-order valence-corrected chi connectivity index (χ4v) is 3.42. The number of ether oxygens (including phenoxy) is 1. The highest BCUT2D eigenvalue weighted by molar-refractivity contribution is 5.84. The minimum Gasteiger partial charge on any atom is -0.469 e. The highest BCUT2D eigenvalue weighted by Gasteiger charge is 2.23. The maximum atomic E-state index is 12.0. The summed E-state index contributed by atoms with van der Waals surface area (Å²) in [6, 6.07) is 8.36. The number of hydrogen-bond acceptors (Lipinski definition) is 3. The minimum atomic E-state index is -0.253. The Bertz CT molecular complexity index is 758. The monoisotopic (exact) mass is 311 g/mol. The van der Waals surface area contributed by atoms with Crippen molar-refractivity contribution in [1.29, 1.82) is 0 Å². The molecule has 0 radical (unpaired) electrons. The number of benzene rings is 1. The van der Waals surface area contributed by atoms with Crippen molar-refractivity contribution in [3.63, 3.8) is 0 Å². The third-order valence-corrected chi connectivity index (χ3v) is 4.50. The van der Waals surface area contributed by atoms with Crippen molar-refractivity contribution in [2.24, 2.45) is 0 Å². The summed E-state index contributed by atoms with van der Waals surface area (Å²) in [6.45, 7) is 1.56. The summed E-state index contributed by atoms with van der Waals surface area (Å²) in [4.78, 5) is 23.6. The average molecular weight is 311 g/mol. The first-order chi connectivity index (χ1) is 11.1. The molecular formula is C19H21NO3. The number of carbonyl (C=O) groups is 2. The van der Waals surface area contributed by atoms with Crippen LogP contribution in [-0.2, 0) is 28.8 Å². The molecule has 0 bridgehead atoms. The van der Waals surface area contributed by atoms with Gasteiger partial charge in [0, 0.05) is 24.4 Å². The van der Waals surface area contributed by atoms with Crippen LogP contribution in [0.1, 0.15) is 41.4 Å². The standard InChI is InChI=1S/C19H21NO3/c1-13(21)20-12-15-8-5-7-14-6-3-4-9-16(14)19(15)17(20)10-11-18(22)23-2/h3-4,6,9,12H,5,7-8,10-11H2,1-2H3. The van der Waals surface area contributed by atoms with E-state index >= 15 is 0 Å². The Balaban J connectivity index is 2.13. The van der Waals surface area contributed by atoms with Crippen molar-refractivity contribution in [2.75, 3.05) is 7.11 Å². The molecule has 0 amide bonds.